The zero-order valence-electron chi connectivity index (χ0n) is 21.2. The van der Waals surface area contributed by atoms with Gasteiger partial charge in [0.25, 0.3) is 0 Å². The summed E-state index contributed by atoms with van der Waals surface area (Å²) < 4.78 is 1.89. The molecule has 3 fully saturated rings. The lowest BCUT2D eigenvalue weighted by atomic mass is 9.70. The number of hydrogen-bond acceptors (Lipinski definition) is 5. The summed E-state index contributed by atoms with van der Waals surface area (Å²) >= 11 is 1.95. The number of nitrogens with one attached hydrogen (secondary N) is 1. The van der Waals surface area contributed by atoms with Gasteiger partial charge in [0.15, 0.2) is 5.65 Å². The number of hydrogen-bond donors (Lipinski definition) is 2. The maximum atomic E-state index is 11.6. The van der Waals surface area contributed by atoms with Crippen LogP contribution in [0.4, 0.5) is 0 Å². The number of H-pyrrole nitrogens is 1. The molecule has 0 spiro atoms. The fourth-order valence-electron chi connectivity index (χ4n) is 6.77. The summed E-state index contributed by atoms with van der Waals surface area (Å²) in [6.45, 7) is 12.6. The van der Waals surface area contributed by atoms with E-state index in [1.54, 1.807) is 6.33 Å². The summed E-state index contributed by atoms with van der Waals surface area (Å²) in [5.41, 5.74) is 14.1. The van der Waals surface area contributed by atoms with E-state index >= 15 is 0 Å². The fraction of sp³-hybridized carbons (Fsp3) is 0.519. The standard InChI is InChI=1S/C27H34N6OS/c1-13(2)22-23-16(5)25(19-8-18-7-6-17(19)9-32(18)11-21(28)34)35-27(23)31-24(22)20-10-33-26(29-12-30-33)15(4)14(20)3/h10,12-13,17-19,31H,6-9,11H2,1-5H3,(H2,28,34)/t17?,18?,19-/m0/s1. The molecule has 8 heteroatoms. The van der Waals surface area contributed by atoms with Crippen molar-refractivity contribution in [2.75, 3.05) is 13.1 Å². The Balaban J connectivity index is 1.44. The average Bonchev–Trinajstić information content (AvgIpc) is 3.51. The van der Waals surface area contributed by atoms with Crippen LogP contribution in [-0.4, -0.2) is 49.5 Å². The first kappa shape index (κ1) is 22.7. The van der Waals surface area contributed by atoms with Gasteiger partial charge in [-0.3, -0.25) is 9.69 Å². The summed E-state index contributed by atoms with van der Waals surface area (Å²) in [5.74, 6) is 1.35. The molecule has 2 aliphatic heterocycles. The molecule has 6 heterocycles. The fourth-order valence-corrected chi connectivity index (χ4v) is 8.21. The molecule has 3 N–H and O–H groups in total. The Labute approximate surface area is 209 Å². The first-order valence-corrected chi connectivity index (χ1v) is 13.5. The van der Waals surface area contributed by atoms with E-state index in [1.807, 2.05) is 15.9 Å². The molecule has 0 aromatic carbocycles. The number of nitrogens with two attached hydrogens (primary N) is 1. The van der Waals surface area contributed by atoms with Crippen molar-refractivity contribution in [3.05, 3.63) is 39.7 Å². The Morgan fingerprint density at radius 1 is 1.23 bits per heavy atom. The first-order valence-electron chi connectivity index (χ1n) is 12.7. The molecule has 1 saturated carbocycles. The highest BCUT2D eigenvalue weighted by Crippen LogP contribution is 2.51. The summed E-state index contributed by atoms with van der Waals surface area (Å²) in [4.78, 5) is 25.0. The average molecular weight is 491 g/mol. The predicted octanol–water partition coefficient (Wildman–Crippen LogP) is 5.04. The van der Waals surface area contributed by atoms with Gasteiger partial charge in [0, 0.05) is 34.6 Å². The smallest absolute Gasteiger partial charge is 0.231 e. The molecule has 4 aromatic heterocycles. The van der Waals surface area contributed by atoms with Crippen LogP contribution in [0.2, 0.25) is 0 Å². The third kappa shape index (κ3) is 3.44. The highest BCUT2D eigenvalue weighted by atomic mass is 32.1. The largest absolute Gasteiger partial charge is 0.369 e. The van der Waals surface area contributed by atoms with Gasteiger partial charge in [-0.05, 0) is 80.0 Å². The highest BCUT2D eigenvalue weighted by Gasteiger charge is 2.42. The maximum absolute atomic E-state index is 11.6. The minimum absolute atomic E-state index is 0.210. The normalized spacial score (nSPS) is 22.7. The van der Waals surface area contributed by atoms with Crippen LogP contribution in [0, 0.1) is 26.7 Å². The molecule has 1 aliphatic carbocycles. The number of piperidine rings is 2. The molecule has 0 radical (unpaired) electrons. The van der Waals surface area contributed by atoms with Crippen LogP contribution in [0.25, 0.3) is 27.1 Å². The minimum Gasteiger partial charge on any atom is -0.369 e. The molecule has 2 saturated heterocycles. The number of aromatic nitrogens is 4. The number of aromatic amines is 1. The van der Waals surface area contributed by atoms with Gasteiger partial charge in [0.05, 0.1) is 12.2 Å². The monoisotopic (exact) mass is 490 g/mol. The van der Waals surface area contributed by atoms with E-state index in [1.165, 1.54) is 61.4 Å². The Bertz CT molecular complexity index is 1460. The lowest BCUT2D eigenvalue weighted by molar-refractivity contribution is -0.121. The molecular weight excluding hydrogens is 456 g/mol. The first-order chi connectivity index (χ1) is 16.7. The Morgan fingerprint density at radius 3 is 2.71 bits per heavy atom. The lowest BCUT2D eigenvalue weighted by Crippen LogP contribution is -2.53. The number of thiophene rings is 1. The molecule has 2 unspecified atom stereocenters. The van der Waals surface area contributed by atoms with Crippen molar-refractivity contribution in [1.29, 1.82) is 0 Å². The van der Waals surface area contributed by atoms with Crippen LogP contribution in [0.15, 0.2) is 12.5 Å². The number of nitrogens with zero attached hydrogens (tertiary/aromatic N) is 4. The molecule has 7 nitrogen and oxygen atoms in total. The Kier molecular flexibility index (Phi) is 5.30. The van der Waals surface area contributed by atoms with Crippen molar-refractivity contribution in [3.63, 3.8) is 0 Å². The number of aryl methyl sites for hydroxylation is 2. The van der Waals surface area contributed by atoms with E-state index in [0.29, 0.717) is 30.3 Å². The van der Waals surface area contributed by atoms with E-state index < -0.39 is 0 Å². The van der Waals surface area contributed by atoms with Crippen LogP contribution >= 0.6 is 11.3 Å². The molecule has 2 bridgehead atoms. The second kappa shape index (κ2) is 8.17. The van der Waals surface area contributed by atoms with E-state index in [4.69, 9.17) is 5.73 Å². The molecule has 4 aromatic rings. The summed E-state index contributed by atoms with van der Waals surface area (Å²) in [5, 5.41) is 5.83. The second-order valence-corrected chi connectivity index (χ2v) is 12.0. The summed E-state index contributed by atoms with van der Waals surface area (Å²) in [6, 6.07) is 0.470. The summed E-state index contributed by atoms with van der Waals surface area (Å²) in [7, 11) is 0. The van der Waals surface area contributed by atoms with E-state index in [9.17, 15) is 4.79 Å². The van der Waals surface area contributed by atoms with Crippen LogP contribution < -0.4 is 5.73 Å². The topological polar surface area (TPSA) is 92.3 Å². The number of carbonyl (C=O) groups excluding carboxylic acids is 1. The van der Waals surface area contributed by atoms with E-state index in [0.717, 1.165) is 18.6 Å². The Morgan fingerprint density at radius 2 is 2.03 bits per heavy atom. The van der Waals surface area contributed by atoms with Gasteiger partial charge in [-0.15, -0.1) is 11.3 Å². The number of primary amides is 1. The van der Waals surface area contributed by atoms with Crippen molar-refractivity contribution in [2.45, 2.75) is 71.8 Å². The number of rotatable bonds is 5. The molecule has 35 heavy (non-hydrogen) atoms. The van der Waals surface area contributed by atoms with E-state index in [2.05, 4.69) is 60.8 Å². The zero-order chi connectivity index (χ0) is 24.6. The van der Waals surface area contributed by atoms with Gasteiger partial charge < -0.3 is 10.7 Å². The van der Waals surface area contributed by atoms with Crippen molar-refractivity contribution in [2.24, 2.45) is 11.7 Å². The second-order valence-electron chi connectivity index (χ2n) is 10.9. The van der Waals surface area contributed by atoms with Crippen molar-refractivity contribution < 1.29 is 4.79 Å². The number of pyridine rings is 1. The molecule has 1 amide bonds. The van der Waals surface area contributed by atoms with Crippen LogP contribution in [0.1, 0.15) is 72.1 Å². The van der Waals surface area contributed by atoms with Gasteiger partial charge in [0.1, 0.15) is 11.2 Å². The van der Waals surface area contributed by atoms with Gasteiger partial charge >= 0.3 is 0 Å². The third-order valence-corrected chi connectivity index (χ3v) is 9.92. The number of carbonyl (C=O) groups is 1. The van der Waals surface area contributed by atoms with Crippen LogP contribution in [0.5, 0.6) is 0 Å². The molecule has 3 atom stereocenters. The van der Waals surface area contributed by atoms with Crippen molar-refractivity contribution >= 4 is 33.1 Å². The van der Waals surface area contributed by atoms with Gasteiger partial charge in [0.2, 0.25) is 5.91 Å². The van der Waals surface area contributed by atoms with Gasteiger partial charge in [-0.25, -0.2) is 9.50 Å². The maximum Gasteiger partial charge on any atom is 0.231 e. The molecule has 3 aliphatic rings. The quantitative estimate of drug-likeness (QED) is 0.410. The molecular formula is C27H34N6OS. The van der Waals surface area contributed by atoms with Gasteiger partial charge in [-0.2, -0.15) is 5.10 Å². The summed E-state index contributed by atoms with van der Waals surface area (Å²) in [6.07, 6.45) is 7.31. The zero-order valence-corrected chi connectivity index (χ0v) is 22.0. The third-order valence-electron chi connectivity index (χ3n) is 8.58. The van der Waals surface area contributed by atoms with Crippen molar-refractivity contribution in [1.82, 2.24) is 24.5 Å². The number of fused-ring (bicyclic) bond motifs is 5. The van der Waals surface area contributed by atoms with Gasteiger partial charge in [-0.1, -0.05) is 13.8 Å². The minimum atomic E-state index is -0.210. The van der Waals surface area contributed by atoms with Crippen molar-refractivity contribution in [3.8, 4) is 11.3 Å². The highest BCUT2D eigenvalue weighted by molar-refractivity contribution is 7.19. The van der Waals surface area contributed by atoms with Crippen LogP contribution in [0.3, 0.4) is 0 Å². The SMILES string of the molecule is Cc1c(-c2[nH]c3sc([C@H]4CC5CCC4CN5CC(N)=O)c(C)c3c2C(C)C)cn2ncnc2c1C. The Hall–Kier alpha value is -2.71. The molecule has 7 rings (SSSR count). The van der Waals surface area contributed by atoms with E-state index in [-0.39, 0.29) is 5.91 Å². The number of amides is 1. The predicted molar refractivity (Wildman–Crippen MR) is 141 cm³/mol. The molecule has 184 valence electrons. The van der Waals surface area contributed by atoms with Crippen LogP contribution in [-0.2, 0) is 4.79 Å². The lowest BCUT2D eigenvalue weighted by Gasteiger charge is -2.49.